The van der Waals surface area contributed by atoms with Crippen molar-refractivity contribution < 1.29 is 9.85 Å². The van der Waals surface area contributed by atoms with E-state index in [1.807, 2.05) is 13.8 Å². The fraction of sp³-hybridized carbons (Fsp3) is 0.462. The van der Waals surface area contributed by atoms with Crippen LogP contribution < -0.4 is 5.32 Å². The van der Waals surface area contributed by atoms with Gasteiger partial charge in [0, 0.05) is 18.7 Å². The summed E-state index contributed by atoms with van der Waals surface area (Å²) in [6, 6.07) is 1.78. The first-order chi connectivity index (χ1) is 10.8. The molecule has 0 radical (unpaired) electrons. The first-order valence-electron chi connectivity index (χ1n) is 6.87. The predicted molar refractivity (Wildman–Crippen MR) is 94.0 cm³/mol. The fourth-order valence-electron chi connectivity index (χ4n) is 1.90. The number of hydrogen-bond acceptors (Lipinski definition) is 7. The molecule has 0 spiro atoms. The van der Waals surface area contributed by atoms with E-state index >= 15 is 0 Å². The molecule has 126 valence electrons. The fourth-order valence-corrected chi connectivity index (χ4v) is 2.94. The first-order valence-corrected chi connectivity index (χ1v) is 8.24. The van der Waals surface area contributed by atoms with Gasteiger partial charge in [0.1, 0.15) is 0 Å². The maximum absolute atomic E-state index is 11.2. The lowest BCUT2D eigenvalue weighted by atomic mass is 10.2. The van der Waals surface area contributed by atoms with Gasteiger partial charge < -0.3 is 5.32 Å². The van der Waals surface area contributed by atoms with Crippen LogP contribution in [-0.4, -0.2) is 33.2 Å². The lowest BCUT2D eigenvalue weighted by molar-refractivity contribution is -0.392. The summed E-state index contributed by atoms with van der Waals surface area (Å²) in [6.07, 6.45) is 0. The van der Waals surface area contributed by atoms with Gasteiger partial charge in [-0.25, -0.2) is 0 Å². The third kappa shape index (κ3) is 5.07. The van der Waals surface area contributed by atoms with Crippen LogP contribution in [-0.2, 0) is 0 Å². The van der Waals surface area contributed by atoms with Crippen LogP contribution in [0.2, 0.25) is 5.02 Å². The van der Waals surface area contributed by atoms with E-state index in [-0.39, 0.29) is 10.7 Å². The Morgan fingerprint density at radius 3 is 2.22 bits per heavy atom. The van der Waals surface area contributed by atoms with Gasteiger partial charge in [0.2, 0.25) is 0 Å². The van der Waals surface area contributed by atoms with Gasteiger partial charge in [0.05, 0.1) is 26.0 Å². The van der Waals surface area contributed by atoms with E-state index < -0.39 is 27.3 Å². The largest absolute Gasteiger partial charge is 0.365 e. The topological polar surface area (TPSA) is 111 Å². The summed E-state index contributed by atoms with van der Waals surface area (Å²) in [7, 11) is 0. The van der Waals surface area contributed by atoms with E-state index in [9.17, 15) is 20.2 Å². The number of halogens is 1. The zero-order valence-electron chi connectivity index (χ0n) is 12.9. The van der Waals surface area contributed by atoms with Crippen molar-refractivity contribution in [3.8, 4) is 0 Å². The quantitative estimate of drug-likeness (QED) is 0.338. The van der Waals surface area contributed by atoms with Crippen molar-refractivity contribution >= 4 is 45.5 Å². The summed E-state index contributed by atoms with van der Waals surface area (Å²) >= 11 is 7.23. The molecule has 1 atom stereocenters. The summed E-state index contributed by atoms with van der Waals surface area (Å²) in [6.45, 7) is 6.13. The number of benzene rings is 1. The molecule has 10 heteroatoms. The highest BCUT2D eigenvalue weighted by Gasteiger charge is 2.28. The number of thioether (sulfide) groups is 1. The van der Waals surface area contributed by atoms with E-state index in [0.29, 0.717) is 6.54 Å². The van der Waals surface area contributed by atoms with Crippen molar-refractivity contribution in [1.82, 2.24) is 0 Å². The Morgan fingerprint density at radius 2 is 1.83 bits per heavy atom. The van der Waals surface area contributed by atoms with Gasteiger partial charge in [0.15, 0.2) is 5.69 Å². The van der Waals surface area contributed by atoms with Gasteiger partial charge in [-0.3, -0.25) is 25.2 Å². The molecule has 0 amide bonds. The summed E-state index contributed by atoms with van der Waals surface area (Å²) in [5, 5.41) is 25.9. The second-order valence-electron chi connectivity index (χ2n) is 4.44. The van der Waals surface area contributed by atoms with E-state index in [2.05, 4.69) is 10.3 Å². The molecule has 1 unspecified atom stereocenters. The van der Waals surface area contributed by atoms with E-state index in [0.717, 1.165) is 22.9 Å². The smallest absolute Gasteiger partial charge is 0.300 e. The zero-order chi connectivity index (χ0) is 17.6. The lowest BCUT2D eigenvalue weighted by Gasteiger charge is -2.17. The van der Waals surface area contributed by atoms with Crippen molar-refractivity contribution in [2.45, 2.75) is 26.8 Å². The van der Waals surface area contributed by atoms with Crippen molar-refractivity contribution in [2.75, 3.05) is 17.6 Å². The van der Waals surface area contributed by atoms with Gasteiger partial charge in [-0.05, 0) is 19.6 Å². The van der Waals surface area contributed by atoms with Gasteiger partial charge in [-0.1, -0.05) is 18.5 Å². The minimum absolute atomic E-state index is 0.0630. The molecule has 0 fully saturated rings. The second kappa shape index (κ2) is 8.68. The number of hydrogen-bond donors (Lipinski definition) is 1. The molecule has 1 aromatic rings. The Bertz CT molecular complexity index is 603. The van der Waals surface area contributed by atoms with Crippen LogP contribution in [0.15, 0.2) is 17.1 Å². The molecule has 1 aromatic carbocycles. The molecule has 23 heavy (non-hydrogen) atoms. The molecule has 0 saturated carbocycles. The van der Waals surface area contributed by atoms with Crippen molar-refractivity contribution in [1.29, 1.82) is 0 Å². The summed E-state index contributed by atoms with van der Waals surface area (Å²) < 4.78 is 0. The molecule has 1 N–H and O–H groups in total. The average Bonchev–Trinajstić information content (AvgIpc) is 2.47. The van der Waals surface area contributed by atoms with Crippen molar-refractivity contribution in [2.24, 2.45) is 4.99 Å². The number of nitro groups is 2. The maximum atomic E-state index is 11.2. The highest BCUT2D eigenvalue weighted by atomic mass is 35.5. The summed E-state index contributed by atoms with van der Waals surface area (Å²) in [5.74, 6) is 0.773. The monoisotopic (exact) mass is 360 g/mol. The normalized spacial score (nSPS) is 12.8. The molecule has 0 aromatic heterocycles. The van der Waals surface area contributed by atoms with E-state index in [1.54, 1.807) is 6.92 Å². The molecule has 8 nitrogen and oxygen atoms in total. The molecular weight excluding hydrogens is 344 g/mol. The highest BCUT2D eigenvalue weighted by Crippen LogP contribution is 2.38. The standard InChI is InChI=1S/C13H17ClN4O4S/c1-4-15-13(23-5-2)8(3)16-12-10(17(19)20)6-9(14)7-11(12)18(21)22/h6-8,16H,4-5H2,1-3H3. The second-order valence-corrected chi connectivity index (χ2v) is 6.17. The molecular formula is C13H17ClN4O4S. The molecule has 0 aliphatic rings. The van der Waals surface area contributed by atoms with Gasteiger partial charge >= 0.3 is 11.4 Å². The highest BCUT2D eigenvalue weighted by molar-refractivity contribution is 8.14. The average molecular weight is 361 g/mol. The van der Waals surface area contributed by atoms with Gasteiger partial charge in [0.25, 0.3) is 0 Å². The third-order valence-electron chi connectivity index (χ3n) is 2.79. The maximum Gasteiger partial charge on any atom is 0.300 e. The Balaban J connectivity index is 3.32. The first kappa shape index (κ1) is 19.2. The molecule has 0 heterocycles. The van der Waals surface area contributed by atoms with E-state index in [1.165, 1.54) is 11.8 Å². The van der Waals surface area contributed by atoms with Gasteiger partial charge in [-0.2, -0.15) is 0 Å². The van der Waals surface area contributed by atoms with Crippen LogP contribution in [0.25, 0.3) is 0 Å². The Kier molecular flexibility index (Phi) is 7.24. The van der Waals surface area contributed by atoms with Crippen molar-refractivity contribution in [3.05, 3.63) is 37.4 Å². The minimum atomic E-state index is -0.697. The summed E-state index contributed by atoms with van der Waals surface area (Å²) in [5.41, 5.74) is -1.04. The summed E-state index contributed by atoms with van der Waals surface area (Å²) in [4.78, 5) is 25.3. The van der Waals surface area contributed by atoms with Crippen LogP contribution in [0.3, 0.4) is 0 Å². The van der Waals surface area contributed by atoms with Crippen LogP contribution in [0.1, 0.15) is 20.8 Å². The molecule has 1 rings (SSSR count). The molecule has 0 bridgehead atoms. The lowest BCUT2D eigenvalue weighted by Crippen LogP contribution is -2.25. The van der Waals surface area contributed by atoms with E-state index in [4.69, 9.17) is 11.6 Å². The third-order valence-corrected chi connectivity index (χ3v) is 4.08. The molecule has 0 aliphatic carbocycles. The number of nitrogens with zero attached hydrogens (tertiary/aromatic N) is 3. The number of nitro benzene ring substituents is 2. The number of aliphatic imine (C=N–C) groups is 1. The van der Waals surface area contributed by atoms with Crippen LogP contribution in [0.5, 0.6) is 0 Å². The number of anilines is 1. The minimum Gasteiger partial charge on any atom is -0.365 e. The Morgan fingerprint density at radius 1 is 1.30 bits per heavy atom. The van der Waals surface area contributed by atoms with Crippen LogP contribution >= 0.6 is 23.4 Å². The van der Waals surface area contributed by atoms with Gasteiger partial charge in [-0.15, -0.1) is 11.8 Å². The SMILES string of the molecule is CCN=C(SCC)C(C)Nc1c([N+](=O)[O-])cc(Cl)cc1[N+](=O)[O-]. The molecule has 0 aliphatic heterocycles. The van der Waals surface area contributed by atoms with Crippen LogP contribution in [0, 0.1) is 20.2 Å². The number of rotatable bonds is 7. The zero-order valence-corrected chi connectivity index (χ0v) is 14.5. The Hall–Kier alpha value is -1.87. The molecule has 0 saturated heterocycles. The predicted octanol–water partition coefficient (Wildman–Crippen LogP) is 4.13. The Labute approximate surface area is 142 Å². The van der Waals surface area contributed by atoms with Crippen LogP contribution in [0.4, 0.5) is 17.1 Å². The van der Waals surface area contributed by atoms with Crippen molar-refractivity contribution in [3.63, 3.8) is 0 Å². The number of nitrogens with one attached hydrogen (secondary N) is 1.